The molecule has 0 amide bonds. The molecule has 1 heterocycles. The second-order valence-corrected chi connectivity index (χ2v) is 12.2. The average Bonchev–Trinajstić information content (AvgIpc) is 2.77. The summed E-state index contributed by atoms with van der Waals surface area (Å²) in [7, 11) is 0. The van der Waals surface area contributed by atoms with Crippen LogP contribution in [0.3, 0.4) is 0 Å². The molecule has 2 aliphatic carbocycles. The number of carbonyl (C=O) groups excluding carboxylic acids is 2. The average molecular weight is 500 g/mol. The van der Waals surface area contributed by atoms with Crippen LogP contribution in [0.2, 0.25) is 0 Å². The number of nitrogens with one attached hydrogen (secondary N) is 3. The van der Waals surface area contributed by atoms with E-state index in [9.17, 15) is 9.59 Å². The number of para-hydroxylation sites is 1. The summed E-state index contributed by atoms with van der Waals surface area (Å²) >= 11 is 5.47. The van der Waals surface area contributed by atoms with E-state index in [0.29, 0.717) is 18.0 Å². The van der Waals surface area contributed by atoms with E-state index in [1.165, 1.54) is 0 Å². The molecule has 0 atom stereocenters. The van der Waals surface area contributed by atoms with Crippen LogP contribution in [0.25, 0.3) is 0 Å². The minimum Gasteiger partial charge on any atom is -0.362 e. The number of Topliss-reactive ketones (excluding diaryl/α,β-unsaturated/α-hetero) is 2. The predicted molar refractivity (Wildman–Crippen MR) is 149 cm³/mol. The quantitative estimate of drug-likeness (QED) is 0.421. The fraction of sp³-hybridized carbons (Fsp3) is 0.367. The molecule has 36 heavy (non-hydrogen) atoms. The molecule has 0 unspecified atom stereocenters. The maximum absolute atomic E-state index is 13.5. The monoisotopic (exact) mass is 499 g/mol. The normalized spacial score (nSPS) is 20.9. The molecule has 0 saturated carbocycles. The first-order chi connectivity index (χ1) is 17.0. The number of benzene rings is 2. The van der Waals surface area contributed by atoms with Crippen LogP contribution in [0.4, 0.5) is 11.4 Å². The Morgan fingerprint density at radius 1 is 0.750 bits per heavy atom. The van der Waals surface area contributed by atoms with Crippen LogP contribution < -0.4 is 16.0 Å². The van der Waals surface area contributed by atoms with Crippen molar-refractivity contribution in [3.05, 3.63) is 82.7 Å². The van der Waals surface area contributed by atoms with Crippen molar-refractivity contribution in [1.82, 2.24) is 5.32 Å². The molecule has 2 aromatic rings. The number of hydrogen-bond donors (Lipinski definition) is 3. The highest BCUT2D eigenvalue weighted by molar-refractivity contribution is 7.80. The summed E-state index contributed by atoms with van der Waals surface area (Å²) in [6.07, 6.45) is 2.58. The highest BCUT2D eigenvalue weighted by Crippen LogP contribution is 2.51. The van der Waals surface area contributed by atoms with Gasteiger partial charge in [0.2, 0.25) is 0 Å². The van der Waals surface area contributed by atoms with Gasteiger partial charge in [0, 0.05) is 52.7 Å². The number of rotatable bonds is 3. The van der Waals surface area contributed by atoms with Gasteiger partial charge >= 0.3 is 0 Å². The zero-order chi connectivity index (χ0) is 25.7. The van der Waals surface area contributed by atoms with Gasteiger partial charge in [-0.05, 0) is 65.7 Å². The number of ketones is 2. The Morgan fingerprint density at radius 3 is 1.72 bits per heavy atom. The maximum atomic E-state index is 13.5. The first kappa shape index (κ1) is 24.4. The van der Waals surface area contributed by atoms with E-state index in [0.717, 1.165) is 52.3 Å². The van der Waals surface area contributed by atoms with E-state index in [4.69, 9.17) is 12.2 Å². The van der Waals surface area contributed by atoms with Crippen LogP contribution >= 0.6 is 12.2 Å². The van der Waals surface area contributed by atoms with E-state index < -0.39 is 0 Å². The molecule has 0 bridgehead atoms. The molecule has 0 saturated heterocycles. The van der Waals surface area contributed by atoms with Crippen LogP contribution in [0.1, 0.15) is 64.9 Å². The summed E-state index contributed by atoms with van der Waals surface area (Å²) < 4.78 is 0. The Balaban J connectivity index is 1.47. The fourth-order valence-corrected chi connectivity index (χ4v) is 6.03. The van der Waals surface area contributed by atoms with Gasteiger partial charge in [-0.2, -0.15) is 0 Å². The molecule has 1 aliphatic heterocycles. The summed E-state index contributed by atoms with van der Waals surface area (Å²) in [5.41, 5.74) is 6.02. The van der Waals surface area contributed by atoms with Crippen LogP contribution in [0.5, 0.6) is 0 Å². The minimum atomic E-state index is -0.327. The van der Waals surface area contributed by atoms with E-state index in [1.54, 1.807) is 0 Å². The number of thiocarbonyl (C=S) groups is 1. The fourth-order valence-electron chi connectivity index (χ4n) is 5.80. The van der Waals surface area contributed by atoms with Gasteiger partial charge < -0.3 is 16.0 Å². The van der Waals surface area contributed by atoms with Crippen molar-refractivity contribution in [2.24, 2.45) is 10.8 Å². The zero-order valence-corrected chi connectivity index (χ0v) is 22.1. The van der Waals surface area contributed by atoms with Crippen molar-refractivity contribution >= 4 is 40.3 Å². The van der Waals surface area contributed by atoms with Gasteiger partial charge in [0.15, 0.2) is 16.7 Å². The molecular weight excluding hydrogens is 466 g/mol. The SMILES string of the molecule is CC1(C)CC(=O)C2=C(C1)NC1=C(C(=O)CC(C)(C)C1)C2c1ccc(NC(=S)Nc2ccccc2)cc1. The number of hydrogen-bond acceptors (Lipinski definition) is 4. The van der Waals surface area contributed by atoms with E-state index in [2.05, 4.69) is 43.6 Å². The molecular formula is C30H33N3O2S. The van der Waals surface area contributed by atoms with Gasteiger partial charge in [-0.3, -0.25) is 9.59 Å². The lowest BCUT2D eigenvalue weighted by Crippen LogP contribution is -2.42. The third-order valence-electron chi connectivity index (χ3n) is 7.25. The zero-order valence-electron chi connectivity index (χ0n) is 21.3. The first-order valence-electron chi connectivity index (χ1n) is 12.5. The van der Waals surface area contributed by atoms with Crippen LogP contribution in [0.15, 0.2) is 77.1 Å². The third kappa shape index (κ3) is 4.87. The van der Waals surface area contributed by atoms with Crippen molar-refractivity contribution in [2.75, 3.05) is 10.6 Å². The van der Waals surface area contributed by atoms with Gasteiger partial charge in [-0.1, -0.05) is 58.0 Å². The summed E-state index contributed by atoms with van der Waals surface area (Å²) in [5.74, 6) is -0.0522. The molecule has 186 valence electrons. The predicted octanol–water partition coefficient (Wildman–Crippen LogP) is 6.47. The van der Waals surface area contributed by atoms with E-state index in [-0.39, 0.29) is 28.3 Å². The maximum Gasteiger partial charge on any atom is 0.175 e. The lowest BCUT2D eigenvalue weighted by molar-refractivity contribution is -0.119. The second kappa shape index (κ2) is 9.00. The molecule has 0 spiro atoms. The lowest BCUT2D eigenvalue weighted by atomic mass is 9.64. The number of allylic oxidation sites excluding steroid dienone is 4. The van der Waals surface area contributed by atoms with Gasteiger partial charge in [0.1, 0.15) is 0 Å². The van der Waals surface area contributed by atoms with Gasteiger partial charge in [-0.25, -0.2) is 0 Å². The summed E-state index contributed by atoms with van der Waals surface area (Å²) in [4.78, 5) is 26.9. The van der Waals surface area contributed by atoms with Gasteiger partial charge in [0.05, 0.1) is 0 Å². The minimum absolute atomic E-state index is 0.102. The highest BCUT2D eigenvalue weighted by Gasteiger charge is 2.46. The molecule has 3 aliphatic rings. The Kier molecular flexibility index (Phi) is 6.11. The van der Waals surface area contributed by atoms with Crippen molar-refractivity contribution in [1.29, 1.82) is 0 Å². The molecule has 5 rings (SSSR count). The van der Waals surface area contributed by atoms with Crippen molar-refractivity contribution in [3.63, 3.8) is 0 Å². The third-order valence-corrected chi connectivity index (χ3v) is 7.46. The highest BCUT2D eigenvalue weighted by atomic mass is 32.1. The smallest absolute Gasteiger partial charge is 0.175 e. The van der Waals surface area contributed by atoms with Crippen molar-refractivity contribution < 1.29 is 9.59 Å². The van der Waals surface area contributed by atoms with Gasteiger partial charge in [0.25, 0.3) is 0 Å². The Hall–Kier alpha value is -3.25. The largest absolute Gasteiger partial charge is 0.362 e. The van der Waals surface area contributed by atoms with Crippen LogP contribution in [0, 0.1) is 10.8 Å². The molecule has 3 N–H and O–H groups in total. The Bertz CT molecular complexity index is 1250. The molecule has 0 radical (unpaired) electrons. The summed E-state index contributed by atoms with van der Waals surface area (Å²) in [5, 5.41) is 10.5. The van der Waals surface area contributed by atoms with E-state index >= 15 is 0 Å². The Labute approximate surface area is 218 Å². The van der Waals surface area contributed by atoms with Crippen molar-refractivity contribution in [3.8, 4) is 0 Å². The Morgan fingerprint density at radius 2 is 1.22 bits per heavy atom. The van der Waals surface area contributed by atoms with E-state index in [1.807, 2.05) is 54.6 Å². The van der Waals surface area contributed by atoms with Crippen molar-refractivity contribution in [2.45, 2.75) is 59.3 Å². The van der Waals surface area contributed by atoms with Crippen LogP contribution in [-0.2, 0) is 9.59 Å². The molecule has 2 aromatic carbocycles. The topological polar surface area (TPSA) is 70.2 Å². The summed E-state index contributed by atoms with van der Waals surface area (Å²) in [6, 6.07) is 17.7. The first-order valence-corrected chi connectivity index (χ1v) is 12.9. The number of anilines is 2. The van der Waals surface area contributed by atoms with Crippen LogP contribution in [-0.4, -0.2) is 16.7 Å². The standard InChI is InChI=1S/C30H33N3O2S/c1-29(2)14-21-26(23(34)16-29)25(27-22(33-21)15-30(3,4)17-24(27)35)18-10-12-20(13-11-18)32-28(36)31-19-8-6-5-7-9-19/h5-13,25,33H,14-17H2,1-4H3,(H2,31,32,36). The summed E-state index contributed by atoms with van der Waals surface area (Å²) in [6.45, 7) is 8.55. The molecule has 0 fully saturated rings. The second-order valence-electron chi connectivity index (χ2n) is 11.8. The lowest BCUT2D eigenvalue weighted by Gasteiger charge is -2.44. The number of dihydropyridines is 1. The number of carbonyl (C=O) groups is 2. The molecule has 5 nitrogen and oxygen atoms in total. The molecule has 6 heteroatoms. The molecule has 0 aromatic heterocycles. The van der Waals surface area contributed by atoms with Gasteiger partial charge in [-0.15, -0.1) is 0 Å².